The Bertz CT molecular complexity index is 939. The zero-order chi connectivity index (χ0) is 17.2. The molecule has 3 aromatic rings. The Morgan fingerprint density at radius 3 is 2.08 bits per heavy atom. The van der Waals surface area contributed by atoms with Crippen LogP contribution in [0, 0.1) is 0 Å². The standard InChI is InChI=1S/C17H19N3O3S/c1-24(22,23)19-12-17(21)18-10-11-20-15-8-4-2-6-13(15)14-7-3-5-9-16(14)20/h2-9,19H,10-12H2,1H3,(H,18,21). The van der Waals surface area contributed by atoms with Crippen LogP contribution < -0.4 is 10.0 Å². The van der Waals surface area contributed by atoms with Gasteiger partial charge in [0.25, 0.3) is 0 Å². The first kappa shape index (κ1) is 16.5. The van der Waals surface area contributed by atoms with Crippen LogP contribution in [0.25, 0.3) is 21.8 Å². The maximum atomic E-state index is 11.7. The van der Waals surface area contributed by atoms with Gasteiger partial charge in [-0.25, -0.2) is 13.1 Å². The lowest BCUT2D eigenvalue weighted by Gasteiger charge is -2.09. The van der Waals surface area contributed by atoms with Crippen molar-refractivity contribution in [3.63, 3.8) is 0 Å². The third-order valence-corrected chi connectivity index (χ3v) is 4.50. The van der Waals surface area contributed by atoms with Gasteiger partial charge in [0.1, 0.15) is 0 Å². The summed E-state index contributed by atoms with van der Waals surface area (Å²) < 4.78 is 26.3. The van der Waals surface area contributed by atoms with E-state index in [1.165, 1.54) is 10.8 Å². The van der Waals surface area contributed by atoms with Crippen molar-refractivity contribution >= 4 is 37.7 Å². The summed E-state index contributed by atoms with van der Waals surface area (Å²) in [6.07, 6.45) is 1.03. The predicted octanol–water partition coefficient (Wildman–Crippen LogP) is 1.46. The SMILES string of the molecule is CS(=O)(=O)NCC(=O)NCCn1c2ccccc2c2ccccc21. The summed E-state index contributed by atoms with van der Waals surface area (Å²) in [4.78, 5) is 11.7. The molecule has 3 rings (SSSR count). The summed E-state index contributed by atoms with van der Waals surface area (Å²) in [7, 11) is -3.36. The largest absolute Gasteiger partial charge is 0.353 e. The van der Waals surface area contributed by atoms with Gasteiger partial charge in [-0.2, -0.15) is 0 Å². The van der Waals surface area contributed by atoms with Crippen LogP contribution in [-0.2, 0) is 21.4 Å². The number of para-hydroxylation sites is 2. The molecule has 1 aromatic heterocycles. The molecule has 0 aliphatic carbocycles. The second-order valence-corrected chi connectivity index (χ2v) is 7.46. The molecule has 0 bridgehead atoms. The van der Waals surface area contributed by atoms with Gasteiger partial charge in [0.05, 0.1) is 12.8 Å². The molecule has 1 heterocycles. The van der Waals surface area contributed by atoms with Crippen LogP contribution in [0.2, 0.25) is 0 Å². The number of amides is 1. The Kier molecular flexibility index (Phi) is 4.55. The van der Waals surface area contributed by atoms with E-state index >= 15 is 0 Å². The number of nitrogens with one attached hydrogen (secondary N) is 2. The summed E-state index contributed by atoms with van der Waals surface area (Å²) in [5, 5.41) is 5.09. The highest BCUT2D eigenvalue weighted by Gasteiger charge is 2.10. The second kappa shape index (κ2) is 6.62. The van der Waals surface area contributed by atoms with E-state index in [1.807, 2.05) is 24.3 Å². The normalized spacial score (nSPS) is 11.9. The summed E-state index contributed by atoms with van der Waals surface area (Å²) in [5.74, 6) is -0.346. The molecule has 0 atom stereocenters. The summed E-state index contributed by atoms with van der Waals surface area (Å²) in [6.45, 7) is 0.789. The first-order valence-corrected chi connectivity index (χ1v) is 9.52. The van der Waals surface area contributed by atoms with Crippen molar-refractivity contribution in [2.45, 2.75) is 6.54 Å². The molecule has 0 aliphatic heterocycles. The van der Waals surface area contributed by atoms with E-state index in [-0.39, 0.29) is 12.5 Å². The Labute approximate surface area is 140 Å². The molecule has 126 valence electrons. The Morgan fingerprint density at radius 2 is 1.54 bits per heavy atom. The van der Waals surface area contributed by atoms with Gasteiger partial charge in [0.15, 0.2) is 0 Å². The lowest BCUT2D eigenvalue weighted by atomic mass is 10.2. The molecule has 0 fully saturated rings. The Hall–Kier alpha value is -2.38. The Morgan fingerprint density at radius 1 is 1.00 bits per heavy atom. The van der Waals surface area contributed by atoms with Crippen LogP contribution in [0.4, 0.5) is 0 Å². The van der Waals surface area contributed by atoms with Gasteiger partial charge in [-0.3, -0.25) is 4.79 Å². The van der Waals surface area contributed by atoms with Crippen LogP contribution in [0.5, 0.6) is 0 Å². The fourth-order valence-electron chi connectivity index (χ4n) is 2.81. The molecular formula is C17H19N3O3S. The monoisotopic (exact) mass is 345 g/mol. The number of rotatable bonds is 6. The van der Waals surface area contributed by atoms with Gasteiger partial charge >= 0.3 is 0 Å². The second-order valence-electron chi connectivity index (χ2n) is 5.63. The molecular weight excluding hydrogens is 326 g/mol. The number of aromatic nitrogens is 1. The minimum Gasteiger partial charge on any atom is -0.353 e. The smallest absolute Gasteiger partial charge is 0.235 e. The number of carbonyl (C=O) groups excluding carboxylic acids is 1. The fourth-order valence-corrected chi connectivity index (χ4v) is 3.20. The predicted molar refractivity (Wildman–Crippen MR) is 95.3 cm³/mol. The number of hydrogen-bond donors (Lipinski definition) is 2. The van der Waals surface area contributed by atoms with Gasteiger partial charge in [0, 0.05) is 34.9 Å². The fraction of sp³-hybridized carbons (Fsp3) is 0.235. The average molecular weight is 345 g/mol. The molecule has 0 aliphatic rings. The average Bonchev–Trinajstić information content (AvgIpc) is 2.87. The van der Waals surface area contributed by atoms with E-state index < -0.39 is 10.0 Å². The highest BCUT2D eigenvalue weighted by Crippen LogP contribution is 2.28. The summed E-state index contributed by atoms with van der Waals surface area (Å²) >= 11 is 0. The van der Waals surface area contributed by atoms with Gasteiger partial charge in [-0.05, 0) is 12.1 Å². The molecule has 0 spiro atoms. The van der Waals surface area contributed by atoms with Crippen molar-refractivity contribution < 1.29 is 13.2 Å². The van der Waals surface area contributed by atoms with Crippen molar-refractivity contribution in [2.75, 3.05) is 19.3 Å². The minimum atomic E-state index is -3.36. The summed E-state index contributed by atoms with van der Waals surface area (Å²) in [6, 6.07) is 16.3. The van der Waals surface area contributed by atoms with E-state index in [2.05, 4.69) is 38.9 Å². The van der Waals surface area contributed by atoms with Crippen LogP contribution >= 0.6 is 0 Å². The molecule has 24 heavy (non-hydrogen) atoms. The zero-order valence-electron chi connectivity index (χ0n) is 13.3. The molecule has 0 radical (unpaired) electrons. The first-order chi connectivity index (χ1) is 11.5. The number of sulfonamides is 1. The topological polar surface area (TPSA) is 80.2 Å². The van der Waals surface area contributed by atoms with E-state index in [0.29, 0.717) is 13.1 Å². The molecule has 2 N–H and O–H groups in total. The highest BCUT2D eigenvalue weighted by molar-refractivity contribution is 7.88. The Balaban J connectivity index is 1.74. The van der Waals surface area contributed by atoms with Gasteiger partial charge in [-0.1, -0.05) is 36.4 Å². The van der Waals surface area contributed by atoms with E-state index in [4.69, 9.17) is 0 Å². The van der Waals surface area contributed by atoms with Crippen LogP contribution in [0.3, 0.4) is 0 Å². The number of fused-ring (bicyclic) bond motifs is 3. The van der Waals surface area contributed by atoms with Gasteiger partial charge in [-0.15, -0.1) is 0 Å². The van der Waals surface area contributed by atoms with Crippen molar-refractivity contribution in [1.82, 2.24) is 14.6 Å². The third kappa shape index (κ3) is 3.58. The zero-order valence-corrected chi connectivity index (χ0v) is 14.1. The lowest BCUT2D eigenvalue weighted by Crippen LogP contribution is -2.37. The van der Waals surface area contributed by atoms with E-state index in [0.717, 1.165) is 17.3 Å². The summed E-state index contributed by atoms with van der Waals surface area (Å²) in [5.41, 5.74) is 2.23. The van der Waals surface area contributed by atoms with Crippen molar-refractivity contribution in [3.8, 4) is 0 Å². The maximum absolute atomic E-state index is 11.7. The van der Waals surface area contributed by atoms with Crippen LogP contribution in [0.15, 0.2) is 48.5 Å². The molecule has 0 unspecified atom stereocenters. The van der Waals surface area contributed by atoms with Crippen LogP contribution in [0.1, 0.15) is 0 Å². The molecule has 6 nitrogen and oxygen atoms in total. The molecule has 1 amide bonds. The van der Waals surface area contributed by atoms with Crippen molar-refractivity contribution in [2.24, 2.45) is 0 Å². The molecule has 0 saturated heterocycles. The lowest BCUT2D eigenvalue weighted by molar-refractivity contribution is -0.119. The minimum absolute atomic E-state index is 0.244. The highest BCUT2D eigenvalue weighted by atomic mass is 32.2. The van der Waals surface area contributed by atoms with Gasteiger partial charge in [0.2, 0.25) is 15.9 Å². The van der Waals surface area contributed by atoms with E-state index in [9.17, 15) is 13.2 Å². The van der Waals surface area contributed by atoms with Gasteiger partial charge < -0.3 is 9.88 Å². The number of nitrogens with zero attached hydrogens (tertiary/aromatic N) is 1. The maximum Gasteiger partial charge on any atom is 0.235 e. The molecule has 7 heteroatoms. The third-order valence-electron chi connectivity index (χ3n) is 3.83. The first-order valence-electron chi connectivity index (χ1n) is 7.63. The van der Waals surface area contributed by atoms with Crippen molar-refractivity contribution in [1.29, 1.82) is 0 Å². The number of benzene rings is 2. The van der Waals surface area contributed by atoms with Crippen LogP contribution in [-0.4, -0.2) is 38.2 Å². The molecule has 0 saturated carbocycles. The number of carbonyl (C=O) groups is 1. The number of hydrogen-bond acceptors (Lipinski definition) is 3. The quantitative estimate of drug-likeness (QED) is 0.710. The van der Waals surface area contributed by atoms with Crippen molar-refractivity contribution in [3.05, 3.63) is 48.5 Å². The molecule has 2 aromatic carbocycles. The van der Waals surface area contributed by atoms with E-state index in [1.54, 1.807) is 0 Å².